The number of nitrogens with one attached hydrogen (secondary N) is 3. The van der Waals surface area contributed by atoms with E-state index in [0.29, 0.717) is 34.9 Å². The number of hydrogen-bond acceptors (Lipinski definition) is 4. The molecule has 0 saturated carbocycles. The van der Waals surface area contributed by atoms with Crippen LogP contribution in [0.1, 0.15) is 31.4 Å². The van der Waals surface area contributed by atoms with Gasteiger partial charge in [0.2, 0.25) is 5.91 Å². The molecule has 0 saturated heterocycles. The Bertz CT molecular complexity index is 1170. The smallest absolute Gasteiger partial charge is 0.224 e. The maximum Gasteiger partial charge on any atom is 0.224 e. The fourth-order valence-electron chi connectivity index (χ4n) is 3.59. The van der Waals surface area contributed by atoms with Crippen LogP contribution in [0.2, 0.25) is 5.02 Å². The van der Waals surface area contributed by atoms with Crippen molar-refractivity contribution in [3.63, 3.8) is 0 Å². The predicted molar refractivity (Wildman–Crippen MR) is 155 cm³/mol. The Morgan fingerprint density at radius 1 is 1.11 bits per heavy atom. The fraction of sp³-hybridized carbons (Fsp3) is 0.286. The molecule has 190 valence electrons. The number of hydrogen-bond donors (Lipinski definition) is 3. The molecule has 1 atom stereocenters. The highest BCUT2D eigenvalue weighted by molar-refractivity contribution is 7.99. The molecule has 0 radical (unpaired) electrons. The van der Waals surface area contributed by atoms with Gasteiger partial charge in [0.25, 0.3) is 0 Å². The summed E-state index contributed by atoms with van der Waals surface area (Å²) in [5, 5.41) is 7.48. The van der Waals surface area contributed by atoms with E-state index in [0.717, 1.165) is 33.6 Å². The zero-order valence-corrected chi connectivity index (χ0v) is 23.2. The van der Waals surface area contributed by atoms with Gasteiger partial charge in [0.15, 0.2) is 5.11 Å². The van der Waals surface area contributed by atoms with Gasteiger partial charge < -0.3 is 20.1 Å². The molecule has 1 unspecified atom stereocenters. The summed E-state index contributed by atoms with van der Waals surface area (Å²) in [7, 11) is 1.58. The molecule has 8 heteroatoms. The van der Waals surface area contributed by atoms with Crippen LogP contribution in [0.4, 0.5) is 0 Å². The molecule has 36 heavy (non-hydrogen) atoms. The average molecular weight is 542 g/mol. The number of ether oxygens (including phenoxy) is 1. The van der Waals surface area contributed by atoms with Crippen molar-refractivity contribution < 1.29 is 9.53 Å². The van der Waals surface area contributed by atoms with Gasteiger partial charge in [-0.1, -0.05) is 61.0 Å². The predicted octanol–water partition coefficient (Wildman–Crippen LogP) is 6.19. The Morgan fingerprint density at radius 2 is 1.89 bits per heavy atom. The number of rotatable bonds is 11. The molecule has 1 amide bonds. The Balaban J connectivity index is 1.65. The summed E-state index contributed by atoms with van der Waals surface area (Å²) in [5.74, 6) is 0.579. The average Bonchev–Trinajstić information content (AvgIpc) is 2.88. The lowest BCUT2D eigenvalue weighted by Crippen LogP contribution is -2.37. The van der Waals surface area contributed by atoms with Gasteiger partial charge in [-0.05, 0) is 84.9 Å². The molecular weight excluding hydrogens is 510 g/mol. The zero-order valence-electron chi connectivity index (χ0n) is 20.8. The summed E-state index contributed by atoms with van der Waals surface area (Å²) in [4.78, 5) is 13.6. The van der Waals surface area contributed by atoms with Crippen LogP contribution >= 0.6 is 35.8 Å². The van der Waals surface area contributed by atoms with Crippen molar-refractivity contribution in [1.29, 1.82) is 0 Å². The minimum Gasteiger partial charge on any atom is -0.496 e. The molecule has 0 bridgehead atoms. The van der Waals surface area contributed by atoms with E-state index in [2.05, 4.69) is 59.5 Å². The molecule has 0 aliphatic rings. The van der Waals surface area contributed by atoms with Gasteiger partial charge in [0.05, 0.1) is 13.5 Å². The highest BCUT2D eigenvalue weighted by atomic mass is 35.5. The molecule has 3 rings (SSSR count). The highest BCUT2D eigenvalue weighted by Gasteiger charge is 2.12. The number of methoxy groups -OCH3 is 1. The fourth-order valence-corrected chi connectivity index (χ4v) is 4.88. The van der Waals surface area contributed by atoms with Gasteiger partial charge in [-0.25, -0.2) is 0 Å². The monoisotopic (exact) mass is 541 g/mol. The van der Waals surface area contributed by atoms with E-state index in [1.54, 1.807) is 25.3 Å². The van der Waals surface area contributed by atoms with Crippen LogP contribution in [0, 0.1) is 0 Å². The first-order valence-electron chi connectivity index (χ1n) is 11.9. The van der Waals surface area contributed by atoms with Gasteiger partial charge in [-0.3, -0.25) is 4.79 Å². The van der Waals surface area contributed by atoms with Gasteiger partial charge in [-0.15, -0.1) is 0 Å². The highest BCUT2D eigenvalue weighted by Crippen LogP contribution is 2.31. The number of carbonyl (C=O) groups is 1. The van der Waals surface area contributed by atoms with Crippen molar-refractivity contribution in [2.24, 2.45) is 0 Å². The lowest BCUT2D eigenvalue weighted by molar-refractivity contribution is -0.120. The topological polar surface area (TPSA) is 62.4 Å². The van der Waals surface area contributed by atoms with Crippen molar-refractivity contribution in [2.75, 3.05) is 13.7 Å². The van der Waals surface area contributed by atoms with E-state index in [1.165, 1.54) is 11.9 Å². The van der Waals surface area contributed by atoms with Crippen LogP contribution in [0.3, 0.4) is 0 Å². The van der Waals surface area contributed by atoms with Crippen molar-refractivity contribution in [1.82, 2.24) is 15.4 Å². The first-order chi connectivity index (χ1) is 17.4. The summed E-state index contributed by atoms with van der Waals surface area (Å²) in [6.07, 6.45) is 1.91. The van der Waals surface area contributed by atoms with Crippen LogP contribution in [0.5, 0.6) is 5.75 Å². The van der Waals surface area contributed by atoms with Crippen LogP contribution in [-0.2, 0) is 17.6 Å². The molecule has 0 aromatic heterocycles. The summed E-state index contributed by atoms with van der Waals surface area (Å²) < 4.78 is 8.61. The second-order valence-electron chi connectivity index (χ2n) is 8.42. The number of carbonyl (C=O) groups excluding carboxylic acids is 1. The molecule has 3 aromatic rings. The Morgan fingerprint density at radius 3 is 2.61 bits per heavy atom. The maximum atomic E-state index is 12.5. The lowest BCUT2D eigenvalue weighted by Gasteiger charge is -2.17. The van der Waals surface area contributed by atoms with Crippen molar-refractivity contribution in [3.05, 3.63) is 82.9 Å². The van der Waals surface area contributed by atoms with Crippen LogP contribution in [-0.4, -0.2) is 30.7 Å². The Kier molecular flexibility index (Phi) is 10.9. The standard InChI is InChI=1S/C28H32ClN3O2S2/c1-4-19(2)31-28(35)32-36-26-16-20(10-12-24(26)21-8-6-5-7-9-21)14-15-30-27(33)18-22-17-23(29)11-13-25(22)34-3/h5-13,16-17,19H,4,14-15,18H2,1-3H3,(H,30,33)(H2,31,32,35). The van der Waals surface area contributed by atoms with Crippen molar-refractivity contribution in [2.45, 2.75) is 44.0 Å². The Hall–Kier alpha value is -2.74. The quantitative estimate of drug-likeness (QED) is 0.199. The second-order valence-corrected chi connectivity index (χ2v) is 10.1. The molecule has 5 nitrogen and oxygen atoms in total. The molecule has 3 N–H and O–H groups in total. The third-order valence-electron chi connectivity index (χ3n) is 5.70. The Labute approximate surface area is 228 Å². The molecule has 3 aromatic carbocycles. The molecule has 0 spiro atoms. The molecular formula is C28H32ClN3O2S2. The van der Waals surface area contributed by atoms with Crippen LogP contribution < -0.4 is 20.1 Å². The number of benzene rings is 3. The minimum absolute atomic E-state index is 0.0748. The van der Waals surface area contributed by atoms with E-state index < -0.39 is 0 Å². The molecule has 0 fully saturated rings. The normalized spacial score (nSPS) is 11.4. The van der Waals surface area contributed by atoms with Gasteiger partial charge in [0.1, 0.15) is 5.75 Å². The summed E-state index contributed by atoms with van der Waals surface area (Å²) in [5.41, 5.74) is 4.15. The third kappa shape index (κ3) is 8.43. The molecule has 0 aliphatic heterocycles. The summed E-state index contributed by atoms with van der Waals surface area (Å²) in [6, 6.07) is 22.2. The first kappa shape index (κ1) is 27.8. The summed E-state index contributed by atoms with van der Waals surface area (Å²) >= 11 is 13.0. The first-order valence-corrected chi connectivity index (χ1v) is 13.5. The third-order valence-corrected chi connectivity index (χ3v) is 7.15. The lowest BCUT2D eigenvalue weighted by atomic mass is 10.0. The van der Waals surface area contributed by atoms with Crippen molar-refractivity contribution >= 4 is 46.8 Å². The number of halogens is 1. The van der Waals surface area contributed by atoms with Gasteiger partial charge >= 0.3 is 0 Å². The molecule has 0 aliphatic carbocycles. The van der Waals surface area contributed by atoms with E-state index in [-0.39, 0.29) is 12.3 Å². The maximum absolute atomic E-state index is 12.5. The minimum atomic E-state index is -0.0748. The van der Waals surface area contributed by atoms with Crippen LogP contribution in [0.25, 0.3) is 11.1 Å². The van der Waals surface area contributed by atoms with Crippen molar-refractivity contribution in [3.8, 4) is 16.9 Å². The second kappa shape index (κ2) is 14.1. The van der Waals surface area contributed by atoms with E-state index in [4.69, 9.17) is 28.6 Å². The zero-order chi connectivity index (χ0) is 25.9. The van der Waals surface area contributed by atoms with Gasteiger partial charge in [-0.2, -0.15) is 0 Å². The van der Waals surface area contributed by atoms with Gasteiger partial charge in [0, 0.05) is 28.1 Å². The van der Waals surface area contributed by atoms with E-state index in [9.17, 15) is 4.79 Å². The van der Waals surface area contributed by atoms with E-state index in [1.807, 2.05) is 18.2 Å². The largest absolute Gasteiger partial charge is 0.496 e. The molecule has 0 heterocycles. The van der Waals surface area contributed by atoms with Crippen LogP contribution in [0.15, 0.2) is 71.6 Å². The summed E-state index contributed by atoms with van der Waals surface area (Å²) in [6.45, 7) is 4.75. The SMILES string of the molecule is CCC(C)NC(=S)NSc1cc(CCNC(=O)Cc2cc(Cl)ccc2OC)ccc1-c1ccccc1. The number of amides is 1. The van der Waals surface area contributed by atoms with E-state index >= 15 is 0 Å². The number of thiocarbonyl (C=S) groups is 1.